The van der Waals surface area contributed by atoms with Crippen molar-refractivity contribution in [2.75, 3.05) is 11.9 Å². The summed E-state index contributed by atoms with van der Waals surface area (Å²) in [7, 11) is 0. The molecule has 0 aliphatic heterocycles. The third-order valence-corrected chi connectivity index (χ3v) is 3.95. The van der Waals surface area contributed by atoms with Gasteiger partial charge in [-0.05, 0) is 48.9 Å². The molecule has 0 bridgehead atoms. The first-order valence-corrected chi connectivity index (χ1v) is 8.51. The third kappa shape index (κ3) is 5.59. The predicted octanol–water partition coefficient (Wildman–Crippen LogP) is 5.82. The van der Waals surface area contributed by atoms with Crippen LogP contribution in [0.15, 0.2) is 48.5 Å². The number of carbonyl (C=O) groups excluding carboxylic acids is 1. The Morgan fingerprint density at radius 1 is 1.12 bits per heavy atom. The molecule has 0 atom stereocenters. The lowest BCUT2D eigenvalue weighted by Crippen LogP contribution is -2.07. The van der Waals surface area contributed by atoms with Crippen LogP contribution in [-0.4, -0.2) is 12.5 Å². The average Bonchev–Trinajstić information content (AvgIpc) is 2.56. The van der Waals surface area contributed by atoms with Crippen LogP contribution in [0.3, 0.4) is 0 Å². The van der Waals surface area contributed by atoms with E-state index >= 15 is 0 Å². The van der Waals surface area contributed by atoms with Crippen molar-refractivity contribution in [3.05, 3.63) is 64.1 Å². The predicted molar refractivity (Wildman–Crippen MR) is 101 cm³/mol. The van der Waals surface area contributed by atoms with Crippen LogP contribution < -0.4 is 10.1 Å². The Hall–Kier alpha value is -1.97. The molecule has 126 valence electrons. The quantitative estimate of drug-likeness (QED) is 0.496. The summed E-state index contributed by atoms with van der Waals surface area (Å²) in [6, 6.07) is 12.5. The number of anilines is 1. The van der Waals surface area contributed by atoms with Crippen molar-refractivity contribution < 1.29 is 9.53 Å². The normalized spacial score (nSPS) is 10.8. The van der Waals surface area contributed by atoms with E-state index in [1.54, 1.807) is 36.4 Å². The van der Waals surface area contributed by atoms with E-state index in [0.717, 1.165) is 18.6 Å². The maximum absolute atomic E-state index is 12.0. The fourth-order valence-electron chi connectivity index (χ4n) is 1.98. The minimum absolute atomic E-state index is 0.259. The monoisotopic (exact) mass is 363 g/mol. The van der Waals surface area contributed by atoms with Crippen molar-refractivity contribution in [1.82, 2.24) is 0 Å². The summed E-state index contributed by atoms with van der Waals surface area (Å²) < 4.78 is 5.58. The minimum atomic E-state index is -0.259. The van der Waals surface area contributed by atoms with Crippen molar-refractivity contribution in [3.8, 4) is 5.75 Å². The van der Waals surface area contributed by atoms with E-state index in [2.05, 4.69) is 12.2 Å². The molecule has 1 N–H and O–H groups in total. The largest absolute Gasteiger partial charge is 0.494 e. The lowest BCUT2D eigenvalue weighted by molar-refractivity contribution is -0.111. The topological polar surface area (TPSA) is 38.3 Å². The second kappa shape index (κ2) is 9.36. The van der Waals surface area contributed by atoms with Crippen LogP contribution in [0.2, 0.25) is 10.0 Å². The fourth-order valence-corrected chi connectivity index (χ4v) is 2.51. The van der Waals surface area contributed by atoms with E-state index in [1.807, 2.05) is 12.1 Å². The van der Waals surface area contributed by atoms with Crippen molar-refractivity contribution in [2.45, 2.75) is 19.8 Å². The van der Waals surface area contributed by atoms with Gasteiger partial charge in [0.25, 0.3) is 0 Å². The zero-order valence-corrected chi connectivity index (χ0v) is 14.9. The molecular weight excluding hydrogens is 345 g/mol. The van der Waals surface area contributed by atoms with E-state index in [-0.39, 0.29) is 5.91 Å². The highest BCUT2D eigenvalue weighted by Gasteiger charge is 2.03. The number of rotatable bonds is 7. The van der Waals surface area contributed by atoms with E-state index in [9.17, 15) is 4.79 Å². The van der Waals surface area contributed by atoms with Gasteiger partial charge in [0.2, 0.25) is 5.91 Å². The number of amides is 1. The molecule has 0 saturated heterocycles. The molecule has 0 spiro atoms. The van der Waals surface area contributed by atoms with Gasteiger partial charge in [-0.2, -0.15) is 0 Å². The van der Waals surface area contributed by atoms with Gasteiger partial charge in [-0.3, -0.25) is 4.79 Å². The lowest BCUT2D eigenvalue weighted by atomic mass is 10.2. The van der Waals surface area contributed by atoms with Crippen LogP contribution >= 0.6 is 23.2 Å². The number of hydrogen-bond donors (Lipinski definition) is 1. The molecule has 2 aromatic rings. The van der Waals surface area contributed by atoms with Crippen LogP contribution in [0.1, 0.15) is 25.3 Å². The molecule has 2 rings (SSSR count). The first-order valence-electron chi connectivity index (χ1n) is 7.76. The van der Waals surface area contributed by atoms with Gasteiger partial charge in [0.1, 0.15) is 5.75 Å². The van der Waals surface area contributed by atoms with Gasteiger partial charge in [-0.15, -0.1) is 0 Å². The van der Waals surface area contributed by atoms with Crippen molar-refractivity contribution in [3.63, 3.8) is 0 Å². The molecule has 0 unspecified atom stereocenters. The number of hydrogen-bond acceptors (Lipinski definition) is 2. The number of ether oxygens (including phenoxy) is 1. The minimum Gasteiger partial charge on any atom is -0.494 e. The molecule has 0 fully saturated rings. The van der Waals surface area contributed by atoms with Gasteiger partial charge >= 0.3 is 0 Å². The standard InChI is InChI=1S/C19H19Cl2NO2/c1-2-3-13-24-15-9-7-14(8-10-15)22-19(23)12-11-16-17(20)5-4-6-18(16)21/h4-12H,2-3,13H2,1H3,(H,22,23)/b12-11+. The molecule has 24 heavy (non-hydrogen) atoms. The molecule has 5 heteroatoms. The molecule has 3 nitrogen and oxygen atoms in total. The van der Waals surface area contributed by atoms with E-state index < -0.39 is 0 Å². The molecule has 0 aliphatic rings. The van der Waals surface area contributed by atoms with E-state index in [1.165, 1.54) is 6.08 Å². The number of benzene rings is 2. The number of halogens is 2. The first-order chi connectivity index (χ1) is 11.6. The summed E-state index contributed by atoms with van der Waals surface area (Å²) in [6.45, 7) is 2.81. The molecule has 0 radical (unpaired) electrons. The Balaban J connectivity index is 1.93. The van der Waals surface area contributed by atoms with Gasteiger partial charge < -0.3 is 10.1 Å². The highest BCUT2D eigenvalue weighted by molar-refractivity contribution is 6.37. The van der Waals surface area contributed by atoms with Crippen LogP contribution in [0.4, 0.5) is 5.69 Å². The summed E-state index contributed by atoms with van der Waals surface area (Å²) in [5, 5.41) is 3.78. The summed E-state index contributed by atoms with van der Waals surface area (Å²) in [4.78, 5) is 12.0. The molecule has 0 heterocycles. The Bertz CT molecular complexity index is 692. The lowest BCUT2D eigenvalue weighted by Gasteiger charge is -2.07. The number of carbonyl (C=O) groups is 1. The van der Waals surface area contributed by atoms with Gasteiger partial charge in [0.05, 0.1) is 6.61 Å². The maximum Gasteiger partial charge on any atom is 0.248 e. The third-order valence-electron chi connectivity index (χ3n) is 3.29. The smallest absolute Gasteiger partial charge is 0.248 e. The second-order valence-corrected chi connectivity index (χ2v) is 6.00. The van der Waals surface area contributed by atoms with Crippen LogP contribution in [-0.2, 0) is 4.79 Å². The fraction of sp³-hybridized carbons (Fsp3) is 0.211. The highest BCUT2D eigenvalue weighted by Crippen LogP contribution is 2.25. The number of unbranched alkanes of at least 4 members (excludes halogenated alkanes) is 1. The van der Waals surface area contributed by atoms with Crippen LogP contribution in [0.5, 0.6) is 5.75 Å². The van der Waals surface area contributed by atoms with E-state index in [0.29, 0.717) is 27.9 Å². The summed E-state index contributed by atoms with van der Waals surface area (Å²) in [6.07, 6.45) is 5.12. The SMILES string of the molecule is CCCCOc1ccc(NC(=O)/C=C/c2c(Cl)cccc2Cl)cc1. The maximum atomic E-state index is 12.0. The molecule has 0 aromatic heterocycles. The van der Waals surface area contributed by atoms with Crippen molar-refractivity contribution >= 4 is 40.9 Å². The van der Waals surface area contributed by atoms with Crippen LogP contribution in [0, 0.1) is 0 Å². The van der Waals surface area contributed by atoms with Gasteiger partial charge in [-0.1, -0.05) is 42.6 Å². The molecule has 0 aliphatic carbocycles. The van der Waals surface area contributed by atoms with Crippen LogP contribution in [0.25, 0.3) is 6.08 Å². The highest BCUT2D eigenvalue weighted by atomic mass is 35.5. The number of nitrogens with one attached hydrogen (secondary N) is 1. The first kappa shape index (κ1) is 18.4. The average molecular weight is 364 g/mol. The van der Waals surface area contributed by atoms with Gasteiger partial charge in [0.15, 0.2) is 0 Å². The van der Waals surface area contributed by atoms with Gasteiger partial charge in [0, 0.05) is 27.4 Å². The zero-order chi connectivity index (χ0) is 17.4. The Morgan fingerprint density at radius 2 is 1.79 bits per heavy atom. The van der Waals surface area contributed by atoms with Crippen molar-refractivity contribution in [1.29, 1.82) is 0 Å². The Kier molecular flexibility index (Phi) is 7.16. The molecule has 2 aromatic carbocycles. The zero-order valence-electron chi connectivity index (χ0n) is 13.4. The molecule has 1 amide bonds. The van der Waals surface area contributed by atoms with Gasteiger partial charge in [-0.25, -0.2) is 0 Å². The molecular formula is C19H19Cl2NO2. The molecule has 0 saturated carbocycles. The summed E-state index contributed by atoms with van der Waals surface area (Å²) in [5.74, 6) is 0.533. The van der Waals surface area contributed by atoms with E-state index in [4.69, 9.17) is 27.9 Å². The second-order valence-electron chi connectivity index (χ2n) is 5.18. The van der Waals surface area contributed by atoms with Crippen molar-refractivity contribution in [2.24, 2.45) is 0 Å². The summed E-state index contributed by atoms with van der Waals surface area (Å²) >= 11 is 12.1. The summed E-state index contributed by atoms with van der Waals surface area (Å²) in [5.41, 5.74) is 1.31. The Labute approximate surface area is 152 Å². The Morgan fingerprint density at radius 3 is 2.42 bits per heavy atom.